The summed E-state index contributed by atoms with van der Waals surface area (Å²) < 4.78 is 0. The van der Waals surface area contributed by atoms with Crippen molar-refractivity contribution in [2.45, 2.75) is 0 Å². The lowest BCUT2D eigenvalue weighted by molar-refractivity contribution is 0.332. The van der Waals surface area contributed by atoms with Crippen LogP contribution in [0, 0.1) is 0 Å². The summed E-state index contributed by atoms with van der Waals surface area (Å²) in [5.41, 5.74) is 2.77. The number of hydrogen-bond acceptors (Lipinski definition) is 3. The Kier molecular flexibility index (Phi) is 1.17. The van der Waals surface area contributed by atoms with E-state index in [4.69, 9.17) is 11.6 Å². The van der Waals surface area contributed by atoms with Crippen molar-refractivity contribution in [1.29, 1.82) is 0 Å². The largest absolute Gasteiger partial charge is 0.292 e. The predicted molar refractivity (Wildman–Crippen MR) is 29.1 cm³/mol. The van der Waals surface area contributed by atoms with Gasteiger partial charge in [-0.3, -0.25) is 5.43 Å². The predicted octanol–water partition coefficient (Wildman–Crippen LogP) is -0.0113. The minimum Gasteiger partial charge on any atom is -0.292 e. The monoisotopic (exact) mass is 119 g/mol. The third-order valence-corrected chi connectivity index (χ3v) is 0.909. The van der Waals surface area contributed by atoms with Gasteiger partial charge >= 0.3 is 0 Å². The van der Waals surface area contributed by atoms with Crippen LogP contribution in [0.1, 0.15) is 0 Å². The molecular weight excluding hydrogens is 114 g/mol. The molecule has 4 heteroatoms. The SMILES string of the molecule is CN1CN=C(Cl)N1. The fourth-order valence-electron chi connectivity index (χ4n) is 0.396. The fourth-order valence-corrected chi connectivity index (χ4v) is 0.594. The zero-order chi connectivity index (χ0) is 5.28. The summed E-state index contributed by atoms with van der Waals surface area (Å²) in [7, 11) is 1.87. The van der Waals surface area contributed by atoms with E-state index in [1.807, 2.05) is 7.05 Å². The number of hydrogen-bond donors (Lipinski definition) is 1. The molecule has 0 amide bonds. The maximum atomic E-state index is 5.40. The Hall–Kier alpha value is -0.280. The van der Waals surface area contributed by atoms with Crippen molar-refractivity contribution in [2.24, 2.45) is 4.99 Å². The molecule has 0 aromatic rings. The quantitative estimate of drug-likeness (QED) is 0.454. The molecule has 1 aliphatic heterocycles. The third-order valence-electron chi connectivity index (χ3n) is 0.705. The number of halogens is 1. The van der Waals surface area contributed by atoms with E-state index in [0.29, 0.717) is 12.0 Å². The van der Waals surface area contributed by atoms with Crippen LogP contribution in [0.5, 0.6) is 0 Å². The van der Waals surface area contributed by atoms with Gasteiger partial charge < -0.3 is 0 Å². The first-order chi connectivity index (χ1) is 3.29. The van der Waals surface area contributed by atoms with E-state index in [-0.39, 0.29) is 0 Å². The molecule has 0 radical (unpaired) electrons. The van der Waals surface area contributed by atoms with E-state index in [0.717, 1.165) is 0 Å². The minimum absolute atomic E-state index is 0.475. The first-order valence-electron chi connectivity index (χ1n) is 1.97. The third kappa shape index (κ3) is 1.04. The van der Waals surface area contributed by atoms with Gasteiger partial charge in [0, 0.05) is 7.05 Å². The van der Waals surface area contributed by atoms with Gasteiger partial charge in [0.2, 0.25) is 5.29 Å². The average Bonchev–Trinajstić information content (AvgIpc) is 1.87. The van der Waals surface area contributed by atoms with Crippen molar-refractivity contribution in [3.05, 3.63) is 0 Å². The lowest BCUT2D eigenvalue weighted by Gasteiger charge is -2.03. The standard InChI is InChI=1S/C3H6ClN3/c1-7-2-5-3(4)6-7/h2H2,1H3,(H,5,6). The van der Waals surface area contributed by atoms with Crippen LogP contribution in [0.2, 0.25) is 0 Å². The Morgan fingerprint density at radius 3 is 2.86 bits per heavy atom. The van der Waals surface area contributed by atoms with Crippen molar-refractivity contribution in [2.75, 3.05) is 13.7 Å². The van der Waals surface area contributed by atoms with Crippen molar-refractivity contribution in [3.8, 4) is 0 Å². The molecule has 0 aromatic carbocycles. The van der Waals surface area contributed by atoms with Gasteiger partial charge in [0.05, 0.1) is 0 Å². The van der Waals surface area contributed by atoms with Crippen LogP contribution in [0.25, 0.3) is 0 Å². The molecule has 0 atom stereocenters. The van der Waals surface area contributed by atoms with E-state index in [9.17, 15) is 0 Å². The molecule has 0 aromatic heterocycles. The van der Waals surface area contributed by atoms with Gasteiger partial charge in [-0.25, -0.2) is 10.0 Å². The Labute approximate surface area is 46.9 Å². The number of nitrogens with zero attached hydrogens (tertiary/aromatic N) is 2. The maximum absolute atomic E-state index is 5.40. The summed E-state index contributed by atoms with van der Waals surface area (Å²) in [6, 6.07) is 0. The van der Waals surface area contributed by atoms with Crippen molar-refractivity contribution in [1.82, 2.24) is 10.4 Å². The van der Waals surface area contributed by atoms with Crippen LogP contribution in [-0.4, -0.2) is 24.0 Å². The molecule has 0 fully saturated rings. The molecule has 1 rings (SSSR count). The lowest BCUT2D eigenvalue weighted by atomic mass is 11.0. The summed E-state index contributed by atoms with van der Waals surface area (Å²) in [5.74, 6) is 0. The maximum Gasteiger partial charge on any atom is 0.207 e. The fraction of sp³-hybridized carbons (Fsp3) is 0.667. The highest BCUT2D eigenvalue weighted by atomic mass is 35.5. The van der Waals surface area contributed by atoms with Crippen molar-refractivity contribution in [3.63, 3.8) is 0 Å². The zero-order valence-corrected chi connectivity index (χ0v) is 4.74. The molecule has 0 saturated heterocycles. The lowest BCUT2D eigenvalue weighted by Crippen LogP contribution is -2.29. The number of rotatable bonds is 0. The normalized spacial score (nSPS) is 21.7. The van der Waals surface area contributed by atoms with E-state index in [1.54, 1.807) is 5.01 Å². The topological polar surface area (TPSA) is 27.6 Å². The minimum atomic E-state index is 0.475. The van der Waals surface area contributed by atoms with Crippen LogP contribution in [-0.2, 0) is 0 Å². The molecule has 3 nitrogen and oxygen atoms in total. The number of aliphatic imine (C=N–C) groups is 1. The van der Waals surface area contributed by atoms with Gasteiger partial charge in [0.25, 0.3) is 0 Å². The Balaban J connectivity index is 2.42. The Morgan fingerprint density at radius 1 is 2.00 bits per heavy atom. The van der Waals surface area contributed by atoms with E-state index < -0.39 is 0 Å². The van der Waals surface area contributed by atoms with Gasteiger partial charge in [-0.1, -0.05) is 0 Å². The zero-order valence-electron chi connectivity index (χ0n) is 3.98. The van der Waals surface area contributed by atoms with Gasteiger partial charge in [0.1, 0.15) is 6.67 Å². The van der Waals surface area contributed by atoms with E-state index >= 15 is 0 Å². The Bertz CT molecular complexity index is 100. The summed E-state index contributed by atoms with van der Waals surface area (Å²) in [6.45, 7) is 0.652. The van der Waals surface area contributed by atoms with Crippen LogP contribution in [0.4, 0.5) is 0 Å². The van der Waals surface area contributed by atoms with Crippen molar-refractivity contribution >= 4 is 16.9 Å². The molecule has 1 aliphatic rings. The summed E-state index contributed by atoms with van der Waals surface area (Å²) in [6.07, 6.45) is 0. The second kappa shape index (κ2) is 1.68. The highest BCUT2D eigenvalue weighted by Gasteiger charge is 2.04. The molecule has 7 heavy (non-hydrogen) atoms. The number of amidine groups is 1. The van der Waals surface area contributed by atoms with Gasteiger partial charge in [0.15, 0.2) is 0 Å². The van der Waals surface area contributed by atoms with E-state index in [2.05, 4.69) is 10.4 Å². The molecule has 1 N–H and O–H groups in total. The molecule has 0 bridgehead atoms. The van der Waals surface area contributed by atoms with Crippen LogP contribution >= 0.6 is 11.6 Å². The Morgan fingerprint density at radius 2 is 2.71 bits per heavy atom. The van der Waals surface area contributed by atoms with Gasteiger partial charge in [-0.2, -0.15) is 0 Å². The molecule has 0 spiro atoms. The van der Waals surface area contributed by atoms with Gasteiger partial charge in [-0.05, 0) is 11.6 Å². The summed E-state index contributed by atoms with van der Waals surface area (Å²) in [4.78, 5) is 3.81. The first-order valence-corrected chi connectivity index (χ1v) is 2.34. The molecule has 0 unspecified atom stereocenters. The summed E-state index contributed by atoms with van der Waals surface area (Å²) >= 11 is 5.40. The van der Waals surface area contributed by atoms with Crippen molar-refractivity contribution < 1.29 is 0 Å². The molecule has 40 valence electrons. The van der Waals surface area contributed by atoms with Crippen LogP contribution in [0.3, 0.4) is 0 Å². The molecule has 0 aliphatic carbocycles. The average molecular weight is 120 g/mol. The van der Waals surface area contributed by atoms with Crippen LogP contribution < -0.4 is 5.43 Å². The second-order valence-corrected chi connectivity index (χ2v) is 1.76. The highest BCUT2D eigenvalue weighted by molar-refractivity contribution is 6.64. The molecular formula is C3H6ClN3. The smallest absolute Gasteiger partial charge is 0.207 e. The molecule has 0 saturated carbocycles. The van der Waals surface area contributed by atoms with E-state index in [1.165, 1.54) is 0 Å². The molecule has 1 heterocycles. The van der Waals surface area contributed by atoms with Gasteiger partial charge in [-0.15, -0.1) is 0 Å². The summed E-state index contributed by atoms with van der Waals surface area (Å²) in [5, 5.41) is 2.27. The number of hydrazine groups is 1. The first kappa shape index (κ1) is 4.87. The number of nitrogens with one attached hydrogen (secondary N) is 1. The second-order valence-electron chi connectivity index (χ2n) is 1.40. The van der Waals surface area contributed by atoms with Crippen LogP contribution in [0.15, 0.2) is 4.99 Å². The highest BCUT2D eigenvalue weighted by Crippen LogP contribution is 1.91.